The summed E-state index contributed by atoms with van der Waals surface area (Å²) in [6.07, 6.45) is 1.60. The monoisotopic (exact) mass is 349 g/mol. The van der Waals surface area contributed by atoms with Gasteiger partial charge < -0.3 is 19.1 Å². The van der Waals surface area contributed by atoms with Crippen LogP contribution < -0.4 is 9.64 Å². The van der Waals surface area contributed by atoms with Crippen molar-refractivity contribution in [2.45, 2.75) is 32.7 Å². The van der Waals surface area contributed by atoms with Gasteiger partial charge in [-0.05, 0) is 45.0 Å². The van der Waals surface area contributed by atoms with Crippen LogP contribution in [0.1, 0.15) is 27.2 Å². The fourth-order valence-corrected chi connectivity index (χ4v) is 2.73. The summed E-state index contributed by atoms with van der Waals surface area (Å²) in [5.41, 5.74) is -0.928. The summed E-state index contributed by atoms with van der Waals surface area (Å²) < 4.78 is 15.6. The molecule has 1 aromatic carbocycles. The van der Waals surface area contributed by atoms with E-state index in [2.05, 4.69) is 6.58 Å². The van der Waals surface area contributed by atoms with Crippen molar-refractivity contribution < 1.29 is 23.8 Å². The van der Waals surface area contributed by atoms with E-state index in [9.17, 15) is 9.59 Å². The molecule has 138 valence electrons. The van der Waals surface area contributed by atoms with Crippen LogP contribution in [0.2, 0.25) is 0 Å². The van der Waals surface area contributed by atoms with Gasteiger partial charge in [0.1, 0.15) is 5.75 Å². The average Bonchev–Trinajstić information content (AvgIpc) is 2.62. The normalized spacial score (nSPS) is 10.7. The second-order valence-electron chi connectivity index (χ2n) is 5.24. The molecule has 0 N–H and O–H groups in total. The molecule has 0 unspecified atom stereocenters. The molecule has 1 rings (SSSR count). The van der Waals surface area contributed by atoms with Crippen molar-refractivity contribution in [3.63, 3.8) is 0 Å². The Labute approximate surface area is 149 Å². The zero-order valence-corrected chi connectivity index (χ0v) is 15.4. The molecule has 25 heavy (non-hydrogen) atoms. The van der Waals surface area contributed by atoms with Crippen LogP contribution in [0.5, 0.6) is 5.75 Å². The second-order valence-corrected chi connectivity index (χ2v) is 5.24. The molecule has 0 fully saturated rings. The van der Waals surface area contributed by atoms with Gasteiger partial charge in [-0.2, -0.15) is 0 Å². The third kappa shape index (κ3) is 4.32. The lowest BCUT2D eigenvalue weighted by Crippen LogP contribution is -2.61. The maximum atomic E-state index is 12.8. The van der Waals surface area contributed by atoms with Gasteiger partial charge in [0.25, 0.3) is 0 Å². The van der Waals surface area contributed by atoms with Crippen LogP contribution in [0.4, 0.5) is 5.69 Å². The third-order valence-corrected chi connectivity index (χ3v) is 3.83. The Morgan fingerprint density at radius 1 is 1.08 bits per heavy atom. The molecule has 0 radical (unpaired) electrons. The summed E-state index contributed by atoms with van der Waals surface area (Å²) in [5.74, 6) is -0.613. The van der Waals surface area contributed by atoms with E-state index in [1.807, 2.05) is 6.92 Å². The Kier molecular flexibility index (Phi) is 7.98. The lowest BCUT2D eigenvalue weighted by Gasteiger charge is -2.40. The highest BCUT2D eigenvalue weighted by atomic mass is 16.6. The summed E-state index contributed by atoms with van der Waals surface area (Å²) in [7, 11) is 1.58. The van der Waals surface area contributed by atoms with Crippen molar-refractivity contribution in [3.05, 3.63) is 36.9 Å². The number of methoxy groups -OCH3 is 1. The van der Waals surface area contributed by atoms with Gasteiger partial charge in [-0.25, -0.2) is 9.59 Å². The molecule has 0 bridgehead atoms. The Bertz CT molecular complexity index is 564. The van der Waals surface area contributed by atoms with Gasteiger partial charge in [0, 0.05) is 18.7 Å². The first-order chi connectivity index (χ1) is 12.0. The number of ether oxygens (including phenoxy) is 3. The van der Waals surface area contributed by atoms with Crippen molar-refractivity contribution in [1.82, 2.24) is 0 Å². The Morgan fingerprint density at radius 3 is 1.96 bits per heavy atom. The first-order valence-electron chi connectivity index (χ1n) is 8.38. The molecule has 0 heterocycles. The summed E-state index contributed by atoms with van der Waals surface area (Å²) in [6, 6.07) is 7.12. The zero-order valence-electron chi connectivity index (χ0n) is 15.4. The minimum absolute atomic E-state index is 0.0739. The maximum absolute atomic E-state index is 12.8. The lowest BCUT2D eigenvalue weighted by atomic mass is 9.91. The van der Waals surface area contributed by atoms with Crippen molar-refractivity contribution in [2.24, 2.45) is 0 Å². The largest absolute Gasteiger partial charge is 0.497 e. The molecule has 0 saturated heterocycles. The van der Waals surface area contributed by atoms with Gasteiger partial charge in [-0.3, -0.25) is 0 Å². The van der Waals surface area contributed by atoms with Gasteiger partial charge in [-0.1, -0.05) is 6.08 Å². The molecule has 0 saturated carbocycles. The molecule has 0 spiro atoms. The second kappa shape index (κ2) is 9.71. The van der Waals surface area contributed by atoms with E-state index in [1.165, 1.54) is 6.08 Å². The molecule has 0 aliphatic carbocycles. The molecular weight excluding hydrogens is 322 g/mol. The van der Waals surface area contributed by atoms with E-state index in [1.54, 1.807) is 50.1 Å². The van der Waals surface area contributed by atoms with E-state index in [-0.39, 0.29) is 19.6 Å². The summed E-state index contributed by atoms with van der Waals surface area (Å²) in [4.78, 5) is 27.3. The predicted molar refractivity (Wildman–Crippen MR) is 96.8 cm³/mol. The van der Waals surface area contributed by atoms with E-state index >= 15 is 0 Å². The molecular formula is C19H27NO5. The van der Waals surface area contributed by atoms with E-state index < -0.39 is 17.5 Å². The Hall–Kier alpha value is -2.50. The number of likely N-dealkylation sites (N-methyl/N-ethyl adjacent to an activating group) is 1. The SMILES string of the molecule is C=CCC(C(=O)OCC)(C(=O)OCC)N(CC)c1ccc(OC)cc1. The molecule has 1 aromatic rings. The van der Waals surface area contributed by atoms with Crippen LogP contribution in [0.15, 0.2) is 36.9 Å². The van der Waals surface area contributed by atoms with Crippen molar-refractivity contribution >= 4 is 17.6 Å². The zero-order chi connectivity index (χ0) is 18.9. The van der Waals surface area contributed by atoms with E-state index in [4.69, 9.17) is 14.2 Å². The lowest BCUT2D eigenvalue weighted by molar-refractivity contribution is -0.164. The predicted octanol–water partition coefficient (Wildman–Crippen LogP) is 2.96. The number of carbonyl (C=O) groups excluding carboxylic acids is 2. The number of hydrogen-bond donors (Lipinski definition) is 0. The number of rotatable bonds is 10. The van der Waals surface area contributed by atoms with Crippen LogP contribution in [-0.4, -0.2) is 44.3 Å². The Morgan fingerprint density at radius 2 is 1.60 bits per heavy atom. The van der Waals surface area contributed by atoms with Gasteiger partial charge >= 0.3 is 11.9 Å². The number of hydrogen-bond acceptors (Lipinski definition) is 6. The molecule has 0 aliphatic heterocycles. The molecule has 6 nitrogen and oxygen atoms in total. The Balaban J connectivity index is 3.48. The number of carbonyl (C=O) groups is 2. The van der Waals surface area contributed by atoms with Gasteiger partial charge in [0.15, 0.2) is 0 Å². The maximum Gasteiger partial charge on any atom is 0.344 e. The highest BCUT2D eigenvalue weighted by Gasteiger charge is 2.52. The number of nitrogens with zero attached hydrogens (tertiary/aromatic N) is 1. The first kappa shape index (κ1) is 20.5. The molecule has 0 aliphatic rings. The molecule has 0 atom stereocenters. The van der Waals surface area contributed by atoms with Crippen LogP contribution in [0, 0.1) is 0 Å². The highest BCUT2D eigenvalue weighted by Crippen LogP contribution is 2.31. The minimum atomic E-state index is -1.61. The summed E-state index contributed by atoms with van der Waals surface area (Å²) in [5, 5.41) is 0. The van der Waals surface area contributed by atoms with Crippen LogP contribution in [-0.2, 0) is 19.1 Å². The fraction of sp³-hybridized carbons (Fsp3) is 0.474. The van der Waals surface area contributed by atoms with Gasteiger partial charge in [0.2, 0.25) is 5.54 Å². The van der Waals surface area contributed by atoms with Crippen molar-refractivity contribution in [1.29, 1.82) is 0 Å². The number of esters is 2. The van der Waals surface area contributed by atoms with Crippen LogP contribution in [0.3, 0.4) is 0 Å². The van der Waals surface area contributed by atoms with Gasteiger partial charge in [-0.15, -0.1) is 6.58 Å². The smallest absolute Gasteiger partial charge is 0.344 e. The third-order valence-electron chi connectivity index (χ3n) is 3.83. The fourth-order valence-electron chi connectivity index (χ4n) is 2.73. The van der Waals surface area contributed by atoms with Crippen molar-refractivity contribution in [2.75, 3.05) is 31.8 Å². The molecule has 0 amide bonds. The molecule has 0 aromatic heterocycles. The van der Waals surface area contributed by atoms with Crippen LogP contribution in [0.25, 0.3) is 0 Å². The summed E-state index contributed by atoms with van der Waals surface area (Å²) in [6.45, 7) is 9.70. The standard InChI is InChI=1S/C19H27NO5/c1-6-14-19(17(21)24-8-3,18(22)25-9-4)20(7-2)15-10-12-16(23-5)13-11-15/h6,10-13H,1,7-9,14H2,2-5H3. The quantitative estimate of drug-likeness (QED) is 0.368. The van der Waals surface area contributed by atoms with E-state index in [0.717, 1.165) is 0 Å². The molecule has 6 heteroatoms. The average molecular weight is 349 g/mol. The first-order valence-corrected chi connectivity index (χ1v) is 8.38. The topological polar surface area (TPSA) is 65.1 Å². The summed E-state index contributed by atoms with van der Waals surface area (Å²) >= 11 is 0. The van der Waals surface area contributed by atoms with Crippen LogP contribution >= 0.6 is 0 Å². The number of benzene rings is 1. The van der Waals surface area contributed by atoms with E-state index in [0.29, 0.717) is 18.0 Å². The highest BCUT2D eigenvalue weighted by molar-refractivity contribution is 6.08. The van der Waals surface area contributed by atoms with Crippen molar-refractivity contribution in [3.8, 4) is 5.75 Å². The minimum Gasteiger partial charge on any atom is -0.497 e. The number of anilines is 1. The van der Waals surface area contributed by atoms with Gasteiger partial charge in [0.05, 0.1) is 20.3 Å².